The second-order valence-electron chi connectivity index (χ2n) is 8.05. The van der Waals surface area contributed by atoms with E-state index in [0.29, 0.717) is 18.8 Å². The number of hydrogen-bond acceptors (Lipinski definition) is 5. The first-order chi connectivity index (χ1) is 14.4. The first kappa shape index (κ1) is 20.3. The standard InChI is InChI=1S/C22H26FN5O2/c1-12(21(29)28-18-8-7-17-16(18)6-9-20(24)27-17)26-22(30)19-10-14(11-25-19)13-2-4-15(23)5-3-13/h2-6,9,12,14,18-19,25H,7-8,10-11H2,1H3,(H2,24,27)(H,26,30)(H,28,29)/t12-,14-,18?,19+/m0/s1. The highest BCUT2D eigenvalue weighted by molar-refractivity contribution is 5.90. The van der Waals surface area contributed by atoms with Crippen LogP contribution in [-0.4, -0.2) is 35.4 Å². The van der Waals surface area contributed by atoms with E-state index in [-0.39, 0.29) is 35.6 Å². The molecule has 8 heteroatoms. The van der Waals surface area contributed by atoms with Crippen molar-refractivity contribution in [3.8, 4) is 0 Å². The fraction of sp³-hybridized carbons (Fsp3) is 0.409. The molecule has 0 spiro atoms. The van der Waals surface area contributed by atoms with Gasteiger partial charge < -0.3 is 21.7 Å². The predicted molar refractivity (Wildman–Crippen MR) is 111 cm³/mol. The maximum atomic E-state index is 13.1. The Morgan fingerprint density at radius 1 is 1.23 bits per heavy atom. The molecule has 1 aliphatic heterocycles. The average molecular weight is 411 g/mol. The molecule has 30 heavy (non-hydrogen) atoms. The third-order valence-electron chi connectivity index (χ3n) is 5.93. The Morgan fingerprint density at radius 2 is 2.00 bits per heavy atom. The normalized spacial score (nSPS) is 23.6. The number of aryl methyl sites for hydroxylation is 1. The molecule has 2 amide bonds. The van der Waals surface area contributed by atoms with Gasteiger partial charge in [-0.05, 0) is 61.4 Å². The first-order valence-electron chi connectivity index (χ1n) is 10.3. The number of fused-ring (bicyclic) bond motifs is 1. The van der Waals surface area contributed by atoms with E-state index in [1.165, 1.54) is 12.1 Å². The van der Waals surface area contributed by atoms with E-state index in [1.807, 2.05) is 6.07 Å². The number of amides is 2. The summed E-state index contributed by atoms with van der Waals surface area (Å²) in [4.78, 5) is 29.6. The van der Waals surface area contributed by atoms with Gasteiger partial charge in [0.15, 0.2) is 0 Å². The van der Waals surface area contributed by atoms with Gasteiger partial charge in [-0.25, -0.2) is 9.37 Å². The lowest BCUT2D eigenvalue weighted by atomic mass is 9.96. The van der Waals surface area contributed by atoms with Gasteiger partial charge in [0, 0.05) is 12.2 Å². The summed E-state index contributed by atoms with van der Waals surface area (Å²) in [5.41, 5.74) is 8.62. The molecule has 2 heterocycles. The largest absolute Gasteiger partial charge is 0.384 e. The number of anilines is 1. The fourth-order valence-electron chi connectivity index (χ4n) is 4.23. The zero-order valence-corrected chi connectivity index (χ0v) is 16.8. The van der Waals surface area contributed by atoms with E-state index in [1.54, 1.807) is 25.1 Å². The lowest BCUT2D eigenvalue weighted by Crippen LogP contribution is -2.50. The number of nitrogen functional groups attached to an aromatic ring is 1. The highest BCUT2D eigenvalue weighted by atomic mass is 19.1. The molecule has 4 atom stereocenters. The Balaban J connectivity index is 1.30. The highest BCUT2D eigenvalue weighted by Crippen LogP contribution is 2.30. The maximum Gasteiger partial charge on any atom is 0.242 e. The monoisotopic (exact) mass is 411 g/mol. The number of nitrogens with one attached hydrogen (secondary N) is 3. The Labute approximate surface area is 174 Å². The minimum atomic E-state index is -0.657. The van der Waals surface area contributed by atoms with Crippen LogP contribution in [-0.2, 0) is 16.0 Å². The number of carbonyl (C=O) groups excluding carboxylic acids is 2. The smallest absolute Gasteiger partial charge is 0.242 e. The molecule has 2 aromatic rings. The third-order valence-corrected chi connectivity index (χ3v) is 5.93. The minimum Gasteiger partial charge on any atom is -0.384 e. The van der Waals surface area contributed by atoms with Crippen LogP contribution >= 0.6 is 0 Å². The van der Waals surface area contributed by atoms with Crippen molar-refractivity contribution in [2.24, 2.45) is 0 Å². The van der Waals surface area contributed by atoms with Crippen LogP contribution in [0.2, 0.25) is 0 Å². The van der Waals surface area contributed by atoms with E-state index in [0.717, 1.165) is 29.7 Å². The van der Waals surface area contributed by atoms with Gasteiger partial charge in [0.05, 0.1) is 12.1 Å². The summed E-state index contributed by atoms with van der Waals surface area (Å²) < 4.78 is 13.1. The quantitative estimate of drug-likeness (QED) is 0.597. The van der Waals surface area contributed by atoms with Gasteiger partial charge >= 0.3 is 0 Å². The van der Waals surface area contributed by atoms with E-state index < -0.39 is 6.04 Å². The topological polar surface area (TPSA) is 109 Å². The molecule has 0 bridgehead atoms. The van der Waals surface area contributed by atoms with Crippen LogP contribution in [0.1, 0.15) is 48.5 Å². The number of nitrogens with two attached hydrogens (primary N) is 1. The van der Waals surface area contributed by atoms with Gasteiger partial charge in [0.1, 0.15) is 17.7 Å². The molecule has 7 nitrogen and oxygen atoms in total. The fourth-order valence-corrected chi connectivity index (χ4v) is 4.23. The Hall–Kier alpha value is -3.00. The third kappa shape index (κ3) is 4.28. The Bertz CT molecular complexity index is 949. The lowest BCUT2D eigenvalue weighted by Gasteiger charge is -2.20. The summed E-state index contributed by atoms with van der Waals surface area (Å²) in [5, 5.41) is 9.00. The van der Waals surface area contributed by atoms with Crippen molar-refractivity contribution in [2.75, 3.05) is 12.3 Å². The van der Waals surface area contributed by atoms with Crippen LogP contribution < -0.4 is 21.7 Å². The number of aromatic nitrogens is 1. The second-order valence-corrected chi connectivity index (χ2v) is 8.05. The van der Waals surface area contributed by atoms with Crippen molar-refractivity contribution in [2.45, 2.75) is 50.2 Å². The highest BCUT2D eigenvalue weighted by Gasteiger charge is 2.32. The molecule has 4 rings (SSSR count). The molecule has 1 fully saturated rings. The molecular weight excluding hydrogens is 385 g/mol. The number of nitrogens with zero attached hydrogens (tertiary/aromatic N) is 1. The van der Waals surface area contributed by atoms with Gasteiger partial charge in [0.25, 0.3) is 0 Å². The molecule has 1 saturated heterocycles. The number of pyridine rings is 1. The zero-order chi connectivity index (χ0) is 21.3. The van der Waals surface area contributed by atoms with E-state index in [9.17, 15) is 14.0 Å². The van der Waals surface area contributed by atoms with E-state index in [2.05, 4.69) is 20.9 Å². The summed E-state index contributed by atoms with van der Waals surface area (Å²) >= 11 is 0. The first-order valence-corrected chi connectivity index (χ1v) is 10.3. The maximum absolute atomic E-state index is 13.1. The SMILES string of the molecule is C[C@H](NC(=O)[C@H]1C[C@H](c2ccc(F)cc2)CN1)C(=O)NC1CCc2nc(N)ccc21. The summed E-state index contributed by atoms with van der Waals surface area (Å²) in [7, 11) is 0. The van der Waals surface area contributed by atoms with Crippen LogP contribution in [0.15, 0.2) is 36.4 Å². The summed E-state index contributed by atoms with van der Waals surface area (Å²) in [6.07, 6.45) is 2.14. The predicted octanol–water partition coefficient (Wildman–Crippen LogP) is 1.56. The summed E-state index contributed by atoms with van der Waals surface area (Å²) in [6, 6.07) is 8.84. The summed E-state index contributed by atoms with van der Waals surface area (Å²) in [6.45, 7) is 2.32. The molecular formula is C22H26FN5O2. The van der Waals surface area contributed by atoms with Gasteiger partial charge in [0.2, 0.25) is 11.8 Å². The van der Waals surface area contributed by atoms with E-state index in [4.69, 9.17) is 5.73 Å². The minimum absolute atomic E-state index is 0.118. The number of hydrogen-bond donors (Lipinski definition) is 4. The van der Waals surface area contributed by atoms with Crippen molar-refractivity contribution in [3.63, 3.8) is 0 Å². The van der Waals surface area contributed by atoms with Crippen LogP contribution in [0.5, 0.6) is 0 Å². The number of halogens is 1. The number of rotatable bonds is 5. The molecule has 5 N–H and O–H groups in total. The van der Waals surface area contributed by atoms with Crippen molar-refractivity contribution < 1.29 is 14.0 Å². The van der Waals surface area contributed by atoms with Crippen LogP contribution in [0.3, 0.4) is 0 Å². The van der Waals surface area contributed by atoms with Crippen LogP contribution in [0.4, 0.5) is 10.2 Å². The van der Waals surface area contributed by atoms with E-state index >= 15 is 0 Å². The summed E-state index contributed by atoms with van der Waals surface area (Å²) in [5.74, 6) is -0.0950. The number of benzene rings is 1. The molecule has 1 aromatic heterocycles. The zero-order valence-electron chi connectivity index (χ0n) is 16.8. The lowest BCUT2D eigenvalue weighted by molar-refractivity contribution is -0.129. The average Bonchev–Trinajstić information content (AvgIpc) is 3.36. The van der Waals surface area contributed by atoms with Crippen molar-refractivity contribution in [1.29, 1.82) is 0 Å². The Kier molecular flexibility index (Phi) is 5.67. The van der Waals surface area contributed by atoms with Gasteiger partial charge in [-0.3, -0.25) is 9.59 Å². The molecule has 1 aromatic carbocycles. The molecule has 0 radical (unpaired) electrons. The Morgan fingerprint density at radius 3 is 2.77 bits per heavy atom. The van der Waals surface area contributed by atoms with Gasteiger partial charge in [-0.2, -0.15) is 0 Å². The van der Waals surface area contributed by atoms with Crippen molar-refractivity contribution in [1.82, 2.24) is 20.9 Å². The number of carbonyl (C=O) groups is 2. The second kappa shape index (κ2) is 8.39. The van der Waals surface area contributed by atoms with Gasteiger partial charge in [-0.15, -0.1) is 0 Å². The van der Waals surface area contributed by atoms with Gasteiger partial charge in [-0.1, -0.05) is 18.2 Å². The van der Waals surface area contributed by atoms with Crippen LogP contribution in [0, 0.1) is 5.82 Å². The molecule has 158 valence electrons. The van der Waals surface area contributed by atoms with Crippen LogP contribution in [0.25, 0.3) is 0 Å². The molecule has 1 aliphatic carbocycles. The molecule has 1 unspecified atom stereocenters. The molecule has 2 aliphatic rings. The van der Waals surface area contributed by atoms with Crippen molar-refractivity contribution in [3.05, 3.63) is 59.0 Å². The van der Waals surface area contributed by atoms with Crippen molar-refractivity contribution >= 4 is 17.6 Å². The molecule has 0 saturated carbocycles.